The minimum Gasteiger partial charge on any atom is -0.323 e. The lowest BCUT2D eigenvalue weighted by Crippen LogP contribution is -2.31. The van der Waals surface area contributed by atoms with Crippen LogP contribution < -0.4 is 10.9 Å². The van der Waals surface area contributed by atoms with Gasteiger partial charge in [-0.15, -0.1) is 11.3 Å². The van der Waals surface area contributed by atoms with E-state index in [0.29, 0.717) is 20.9 Å². The SMILES string of the molecule is CC(C(=O)Nc1ccccc1Cl)n1cnc2scc(-c3ccc4c(c3)CCCC4)c2c1=O. The maximum Gasteiger partial charge on any atom is 0.263 e. The molecule has 2 aromatic carbocycles. The number of halogens is 1. The zero-order valence-electron chi connectivity index (χ0n) is 17.6. The third kappa shape index (κ3) is 3.74. The number of thiophene rings is 1. The van der Waals surface area contributed by atoms with Gasteiger partial charge in [0.25, 0.3) is 5.56 Å². The number of hydrogen-bond acceptors (Lipinski definition) is 4. The maximum atomic E-state index is 13.5. The number of amides is 1. The second kappa shape index (κ2) is 8.52. The summed E-state index contributed by atoms with van der Waals surface area (Å²) < 4.78 is 1.39. The number of hydrogen-bond donors (Lipinski definition) is 1. The van der Waals surface area contributed by atoms with E-state index in [2.05, 4.69) is 28.5 Å². The van der Waals surface area contributed by atoms with E-state index in [-0.39, 0.29) is 11.5 Å². The van der Waals surface area contributed by atoms with Gasteiger partial charge in [-0.1, -0.05) is 41.9 Å². The van der Waals surface area contributed by atoms with Gasteiger partial charge in [0.1, 0.15) is 10.9 Å². The molecule has 0 aliphatic heterocycles. The molecule has 0 bridgehead atoms. The summed E-state index contributed by atoms with van der Waals surface area (Å²) in [6, 6.07) is 12.8. The number of carbonyl (C=O) groups excluding carboxylic acids is 1. The van der Waals surface area contributed by atoms with Crippen LogP contribution in [-0.4, -0.2) is 15.5 Å². The Labute approximate surface area is 194 Å². The molecule has 162 valence electrons. The summed E-state index contributed by atoms with van der Waals surface area (Å²) in [6.45, 7) is 1.69. The van der Waals surface area contributed by atoms with Crippen molar-refractivity contribution in [1.29, 1.82) is 0 Å². The highest BCUT2D eigenvalue weighted by Gasteiger charge is 2.21. The van der Waals surface area contributed by atoms with Crippen LogP contribution >= 0.6 is 22.9 Å². The number of fused-ring (bicyclic) bond motifs is 2. The van der Waals surface area contributed by atoms with E-state index < -0.39 is 6.04 Å². The summed E-state index contributed by atoms with van der Waals surface area (Å²) in [6.07, 6.45) is 6.08. The Morgan fingerprint density at radius 3 is 2.75 bits per heavy atom. The molecule has 32 heavy (non-hydrogen) atoms. The number of carbonyl (C=O) groups is 1. The van der Waals surface area contributed by atoms with Gasteiger partial charge in [-0.25, -0.2) is 4.98 Å². The molecule has 0 fully saturated rings. The van der Waals surface area contributed by atoms with E-state index in [1.807, 2.05) is 5.38 Å². The fraction of sp³-hybridized carbons (Fsp3) is 0.240. The fourth-order valence-corrected chi connectivity index (χ4v) is 5.35. The van der Waals surface area contributed by atoms with E-state index in [1.54, 1.807) is 31.2 Å². The van der Waals surface area contributed by atoms with Gasteiger partial charge in [0, 0.05) is 10.9 Å². The molecular formula is C25H22ClN3O2S. The highest BCUT2D eigenvalue weighted by molar-refractivity contribution is 7.17. The maximum absolute atomic E-state index is 13.5. The van der Waals surface area contributed by atoms with Crippen molar-refractivity contribution in [1.82, 2.24) is 9.55 Å². The molecule has 5 nitrogen and oxygen atoms in total. The number of nitrogens with zero attached hydrogens (tertiary/aromatic N) is 2. The van der Waals surface area contributed by atoms with E-state index >= 15 is 0 Å². The predicted octanol–water partition coefficient (Wildman–Crippen LogP) is 5.86. The Balaban J connectivity index is 1.52. The number of nitrogens with one attached hydrogen (secondary N) is 1. The average molecular weight is 464 g/mol. The number of aromatic nitrogens is 2. The molecule has 0 spiro atoms. The molecule has 1 unspecified atom stereocenters. The van der Waals surface area contributed by atoms with Gasteiger partial charge in [-0.3, -0.25) is 14.2 Å². The number of anilines is 1. The molecule has 7 heteroatoms. The first-order chi connectivity index (χ1) is 15.5. The minimum absolute atomic E-state index is 0.217. The van der Waals surface area contributed by atoms with Crippen LogP contribution in [0.5, 0.6) is 0 Å². The fourth-order valence-electron chi connectivity index (χ4n) is 4.26. The molecule has 2 heterocycles. The number of aryl methyl sites for hydroxylation is 2. The van der Waals surface area contributed by atoms with Gasteiger partial charge in [-0.2, -0.15) is 0 Å². The highest BCUT2D eigenvalue weighted by Crippen LogP contribution is 2.33. The van der Waals surface area contributed by atoms with Gasteiger partial charge in [0.15, 0.2) is 0 Å². The summed E-state index contributed by atoms with van der Waals surface area (Å²) in [4.78, 5) is 31.5. The Morgan fingerprint density at radius 1 is 1.16 bits per heavy atom. The van der Waals surface area contributed by atoms with Crippen molar-refractivity contribution in [2.45, 2.75) is 38.6 Å². The predicted molar refractivity (Wildman–Crippen MR) is 131 cm³/mol. The van der Waals surface area contributed by atoms with Crippen LogP contribution in [0.2, 0.25) is 5.02 Å². The van der Waals surface area contributed by atoms with Crippen LogP contribution in [0.3, 0.4) is 0 Å². The monoisotopic (exact) mass is 463 g/mol. The van der Waals surface area contributed by atoms with Crippen molar-refractivity contribution in [2.75, 3.05) is 5.32 Å². The molecule has 1 aliphatic carbocycles. The summed E-state index contributed by atoms with van der Waals surface area (Å²) in [5, 5.41) is 5.80. The lowest BCUT2D eigenvalue weighted by atomic mass is 9.89. The molecule has 2 aromatic heterocycles. The van der Waals surface area contributed by atoms with Crippen LogP contribution in [0.1, 0.15) is 36.9 Å². The van der Waals surface area contributed by atoms with E-state index in [1.165, 1.54) is 46.2 Å². The lowest BCUT2D eigenvalue weighted by Gasteiger charge is -2.17. The standard InChI is InChI=1S/C25H22ClN3O2S/c1-15(23(30)28-21-9-5-4-8-20(21)26)29-14-27-24-22(25(29)31)19(13-32-24)18-11-10-16-6-2-3-7-17(16)12-18/h4-5,8-15H,2-3,6-7H2,1H3,(H,28,30). The Kier molecular flexibility index (Phi) is 5.57. The first-order valence-electron chi connectivity index (χ1n) is 10.7. The number of benzene rings is 2. The second-order valence-corrected chi connectivity index (χ2v) is 9.39. The van der Waals surface area contributed by atoms with Crippen molar-refractivity contribution in [3.05, 3.63) is 80.7 Å². The van der Waals surface area contributed by atoms with Crippen LogP contribution in [0, 0.1) is 0 Å². The quantitative estimate of drug-likeness (QED) is 0.412. The van der Waals surface area contributed by atoms with Crippen LogP contribution in [-0.2, 0) is 17.6 Å². The minimum atomic E-state index is -0.744. The number of rotatable bonds is 4. The molecule has 0 saturated heterocycles. The van der Waals surface area contributed by atoms with Crippen molar-refractivity contribution >= 4 is 44.7 Å². The first kappa shape index (κ1) is 20.9. The molecule has 1 atom stereocenters. The Morgan fingerprint density at radius 2 is 1.94 bits per heavy atom. The van der Waals surface area contributed by atoms with Crippen molar-refractivity contribution in [3.63, 3.8) is 0 Å². The molecule has 1 N–H and O–H groups in total. The number of para-hydroxylation sites is 1. The van der Waals surface area contributed by atoms with E-state index in [0.717, 1.165) is 24.0 Å². The third-order valence-corrected chi connectivity index (χ3v) is 7.32. The van der Waals surface area contributed by atoms with Crippen molar-refractivity contribution in [2.24, 2.45) is 0 Å². The smallest absolute Gasteiger partial charge is 0.263 e. The summed E-state index contributed by atoms with van der Waals surface area (Å²) in [5.41, 5.74) is 4.97. The Hall–Kier alpha value is -2.96. The molecule has 1 aliphatic rings. The lowest BCUT2D eigenvalue weighted by molar-refractivity contribution is -0.118. The van der Waals surface area contributed by atoms with Crippen LogP contribution in [0.25, 0.3) is 21.3 Å². The normalized spacial score (nSPS) is 14.2. The van der Waals surface area contributed by atoms with Crippen molar-refractivity contribution < 1.29 is 4.79 Å². The molecule has 0 radical (unpaired) electrons. The summed E-state index contributed by atoms with van der Waals surface area (Å²) >= 11 is 7.61. The van der Waals surface area contributed by atoms with Crippen LogP contribution in [0.4, 0.5) is 5.69 Å². The zero-order valence-corrected chi connectivity index (χ0v) is 19.2. The van der Waals surface area contributed by atoms with Gasteiger partial charge in [0.2, 0.25) is 5.91 Å². The zero-order chi connectivity index (χ0) is 22.2. The topological polar surface area (TPSA) is 64.0 Å². The highest BCUT2D eigenvalue weighted by atomic mass is 35.5. The van der Waals surface area contributed by atoms with Gasteiger partial charge < -0.3 is 5.32 Å². The average Bonchev–Trinajstić information content (AvgIpc) is 3.25. The molecular weight excluding hydrogens is 442 g/mol. The molecule has 0 saturated carbocycles. The van der Waals surface area contributed by atoms with Gasteiger partial charge in [-0.05, 0) is 61.4 Å². The Bertz CT molecular complexity index is 1390. The van der Waals surface area contributed by atoms with Gasteiger partial charge >= 0.3 is 0 Å². The molecule has 4 aromatic rings. The van der Waals surface area contributed by atoms with Gasteiger partial charge in [0.05, 0.1) is 22.4 Å². The third-order valence-electron chi connectivity index (χ3n) is 6.11. The van der Waals surface area contributed by atoms with Crippen LogP contribution in [0.15, 0.2) is 59.0 Å². The second-order valence-electron chi connectivity index (χ2n) is 8.12. The summed E-state index contributed by atoms with van der Waals surface area (Å²) in [5.74, 6) is -0.327. The largest absolute Gasteiger partial charge is 0.323 e. The van der Waals surface area contributed by atoms with Crippen molar-refractivity contribution in [3.8, 4) is 11.1 Å². The molecule has 1 amide bonds. The summed E-state index contributed by atoms with van der Waals surface area (Å²) in [7, 11) is 0. The van der Waals surface area contributed by atoms with E-state index in [9.17, 15) is 9.59 Å². The molecule has 5 rings (SSSR count). The first-order valence-corrected chi connectivity index (χ1v) is 11.9. The van der Waals surface area contributed by atoms with E-state index in [4.69, 9.17) is 11.6 Å².